The zero-order valence-corrected chi connectivity index (χ0v) is 13.8. The monoisotopic (exact) mass is 330 g/mol. The van der Waals surface area contributed by atoms with E-state index >= 15 is 0 Å². The highest BCUT2D eigenvalue weighted by Gasteiger charge is 2.26. The number of pyridine rings is 1. The van der Waals surface area contributed by atoms with E-state index in [1.165, 1.54) is 12.3 Å². The van der Waals surface area contributed by atoms with Crippen molar-refractivity contribution in [1.82, 2.24) is 15.0 Å². The lowest BCUT2D eigenvalue weighted by atomic mass is 9.99. The van der Waals surface area contributed by atoms with Gasteiger partial charge in [0.2, 0.25) is 5.88 Å². The van der Waals surface area contributed by atoms with Crippen LogP contribution in [0.25, 0.3) is 0 Å². The quantitative estimate of drug-likeness (QED) is 0.783. The SMILES string of the molecule is CCOc1ncc(C(=O)[C@H](C#N)c2nc(C)cc(C)n2)cc1Cl. The first-order chi connectivity index (χ1) is 11.0. The van der Waals surface area contributed by atoms with Crippen molar-refractivity contribution in [3.8, 4) is 11.9 Å². The van der Waals surface area contributed by atoms with E-state index in [1.807, 2.05) is 6.07 Å². The van der Waals surface area contributed by atoms with Gasteiger partial charge in [-0.3, -0.25) is 4.79 Å². The van der Waals surface area contributed by atoms with Gasteiger partial charge in [-0.25, -0.2) is 15.0 Å². The highest BCUT2D eigenvalue weighted by atomic mass is 35.5. The Kier molecular flexibility index (Phi) is 5.24. The number of carbonyl (C=O) groups excluding carboxylic acids is 1. The van der Waals surface area contributed by atoms with Crippen LogP contribution in [0.1, 0.15) is 40.4 Å². The Hall–Kier alpha value is -2.52. The van der Waals surface area contributed by atoms with Crippen molar-refractivity contribution in [3.63, 3.8) is 0 Å². The molecule has 0 spiro atoms. The average molecular weight is 331 g/mol. The van der Waals surface area contributed by atoms with Crippen molar-refractivity contribution in [2.24, 2.45) is 0 Å². The maximum Gasteiger partial charge on any atom is 0.232 e. The summed E-state index contributed by atoms with van der Waals surface area (Å²) in [6, 6.07) is 5.17. The zero-order valence-electron chi connectivity index (χ0n) is 13.0. The minimum Gasteiger partial charge on any atom is -0.477 e. The Bertz CT molecular complexity index is 766. The number of hydrogen-bond donors (Lipinski definition) is 0. The number of nitriles is 1. The third kappa shape index (κ3) is 3.82. The first kappa shape index (κ1) is 16.8. The molecule has 118 valence electrons. The maximum absolute atomic E-state index is 12.6. The van der Waals surface area contributed by atoms with Crippen molar-refractivity contribution in [2.75, 3.05) is 6.61 Å². The van der Waals surface area contributed by atoms with Gasteiger partial charge >= 0.3 is 0 Å². The second kappa shape index (κ2) is 7.16. The number of ether oxygens (including phenoxy) is 1. The second-order valence-corrected chi connectivity index (χ2v) is 5.29. The molecule has 0 fully saturated rings. The van der Waals surface area contributed by atoms with Crippen molar-refractivity contribution in [2.45, 2.75) is 26.7 Å². The van der Waals surface area contributed by atoms with Gasteiger partial charge in [-0.2, -0.15) is 5.26 Å². The van der Waals surface area contributed by atoms with Gasteiger partial charge in [-0.15, -0.1) is 0 Å². The molecule has 1 atom stereocenters. The molecule has 0 aliphatic rings. The molecule has 0 aliphatic carbocycles. The number of halogens is 1. The highest BCUT2D eigenvalue weighted by molar-refractivity contribution is 6.32. The molecule has 2 rings (SSSR count). The largest absolute Gasteiger partial charge is 0.477 e. The zero-order chi connectivity index (χ0) is 17.0. The van der Waals surface area contributed by atoms with Gasteiger partial charge in [0.1, 0.15) is 5.02 Å². The summed E-state index contributed by atoms with van der Waals surface area (Å²) in [7, 11) is 0. The average Bonchev–Trinajstić information content (AvgIpc) is 2.49. The predicted octanol–water partition coefficient (Wildman–Crippen LogP) is 3.03. The smallest absolute Gasteiger partial charge is 0.232 e. The fraction of sp³-hybridized carbons (Fsp3) is 0.312. The Balaban J connectivity index is 2.37. The lowest BCUT2D eigenvalue weighted by molar-refractivity contribution is 0.0975. The molecule has 0 saturated heterocycles. The number of carbonyl (C=O) groups is 1. The fourth-order valence-electron chi connectivity index (χ4n) is 2.09. The summed E-state index contributed by atoms with van der Waals surface area (Å²) >= 11 is 6.04. The molecule has 0 aliphatic heterocycles. The number of aromatic nitrogens is 3. The van der Waals surface area contributed by atoms with E-state index in [4.69, 9.17) is 16.3 Å². The van der Waals surface area contributed by atoms with Crippen LogP contribution in [0.3, 0.4) is 0 Å². The van der Waals surface area contributed by atoms with Crippen LogP contribution in [-0.4, -0.2) is 27.3 Å². The summed E-state index contributed by atoms with van der Waals surface area (Å²) in [5.74, 6) is -1.12. The molecule has 2 aromatic rings. The summed E-state index contributed by atoms with van der Waals surface area (Å²) in [5.41, 5.74) is 1.61. The third-order valence-electron chi connectivity index (χ3n) is 3.02. The summed E-state index contributed by atoms with van der Waals surface area (Å²) in [6.07, 6.45) is 1.34. The van der Waals surface area contributed by atoms with Gasteiger partial charge < -0.3 is 4.74 Å². The number of aryl methyl sites for hydroxylation is 2. The topological polar surface area (TPSA) is 88.8 Å². The number of hydrogen-bond acceptors (Lipinski definition) is 6. The standard InChI is InChI=1S/C16H15ClN4O2/c1-4-23-16-13(17)6-11(8-19-16)14(22)12(7-18)15-20-9(2)5-10(3)21-15/h5-6,8,12H,4H2,1-3H3/t12-/m0/s1. The van der Waals surface area contributed by atoms with E-state index in [2.05, 4.69) is 15.0 Å². The Morgan fingerprint density at radius 2 is 2.00 bits per heavy atom. The van der Waals surface area contributed by atoms with Gasteiger partial charge in [0.05, 0.1) is 12.7 Å². The minimum absolute atomic E-state index is 0.181. The lowest BCUT2D eigenvalue weighted by Gasteiger charge is -2.10. The summed E-state index contributed by atoms with van der Waals surface area (Å²) < 4.78 is 5.23. The van der Waals surface area contributed by atoms with Crippen molar-refractivity contribution in [3.05, 3.63) is 46.1 Å². The summed E-state index contributed by atoms with van der Waals surface area (Å²) in [5, 5.41) is 9.59. The van der Waals surface area contributed by atoms with Crippen LogP contribution in [0.15, 0.2) is 18.3 Å². The van der Waals surface area contributed by atoms with E-state index < -0.39 is 11.7 Å². The molecular weight excluding hydrogens is 316 g/mol. The van der Waals surface area contributed by atoms with E-state index in [0.29, 0.717) is 18.0 Å². The van der Waals surface area contributed by atoms with Gasteiger partial charge in [-0.1, -0.05) is 11.6 Å². The molecule has 0 saturated carbocycles. The number of ketones is 1. The third-order valence-corrected chi connectivity index (χ3v) is 3.29. The van der Waals surface area contributed by atoms with Gasteiger partial charge in [0.15, 0.2) is 17.5 Å². The van der Waals surface area contributed by atoms with Gasteiger partial charge in [0, 0.05) is 23.1 Å². The van der Waals surface area contributed by atoms with E-state index in [-0.39, 0.29) is 22.3 Å². The first-order valence-corrected chi connectivity index (χ1v) is 7.38. The molecule has 0 bridgehead atoms. The molecular formula is C16H15ClN4O2. The van der Waals surface area contributed by atoms with Gasteiger partial charge in [0.25, 0.3) is 0 Å². The van der Waals surface area contributed by atoms with Crippen LogP contribution in [0, 0.1) is 25.2 Å². The van der Waals surface area contributed by atoms with Crippen LogP contribution < -0.4 is 4.74 Å². The van der Waals surface area contributed by atoms with Crippen LogP contribution in [0.4, 0.5) is 0 Å². The minimum atomic E-state index is -1.11. The molecule has 0 radical (unpaired) electrons. The molecule has 23 heavy (non-hydrogen) atoms. The molecule has 0 aromatic carbocycles. The Morgan fingerprint density at radius 1 is 1.35 bits per heavy atom. The van der Waals surface area contributed by atoms with Crippen molar-refractivity contribution < 1.29 is 9.53 Å². The van der Waals surface area contributed by atoms with Crippen LogP contribution in [0.5, 0.6) is 5.88 Å². The van der Waals surface area contributed by atoms with E-state index in [1.54, 1.807) is 26.8 Å². The molecule has 2 aromatic heterocycles. The Morgan fingerprint density at radius 3 is 2.52 bits per heavy atom. The Labute approximate surface area is 139 Å². The number of nitrogens with zero attached hydrogens (tertiary/aromatic N) is 4. The molecule has 0 amide bonds. The summed E-state index contributed by atoms with van der Waals surface area (Å²) in [4.78, 5) is 25.0. The normalized spacial score (nSPS) is 11.6. The number of rotatable bonds is 5. The molecule has 0 N–H and O–H groups in total. The predicted molar refractivity (Wildman–Crippen MR) is 84.6 cm³/mol. The van der Waals surface area contributed by atoms with Crippen LogP contribution in [-0.2, 0) is 0 Å². The molecule has 0 unspecified atom stereocenters. The maximum atomic E-state index is 12.6. The van der Waals surface area contributed by atoms with Gasteiger partial charge in [-0.05, 0) is 32.9 Å². The fourth-order valence-corrected chi connectivity index (χ4v) is 2.31. The lowest BCUT2D eigenvalue weighted by Crippen LogP contribution is -2.16. The van der Waals surface area contributed by atoms with Crippen LogP contribution >= 0.6 is 11.6 Å². The second-order valence-electron chi connectivity index (χ2n) is 4.88. The highest BCUT2D eigenvalue weighted by Crippen LogP contribution is 2.25. The molecule has 2 heterocycles. The van der Waals surface area contributed by atoms with Crippen molar-refractivity contribution >= 4 is 17.4 Å². The molecule has 6 nitrogen and oxygen atoms in total. The summed E-state index contributed by atoms with van der Waals surface area (Å²) in [6.45, 7) is 5.79. The first-order valence-electron chi connectivity index (χ1n) is 7.00. The van der Waals surface area contributed by atoms with E-state index in [0.717, 1.165) is 0 Å². The van der Waals surface area contributed by atoms with E-state index in [9.17, 15) is 10.1 Å². The van der Waals surface area contributed by atoms with Crippen molar-refractivity contribution in [1.29, 1.82) is 5.26 Å². The molecule has 7 heteroatoms. The van der Waals surface area contributed by atoms with Crippen LogP contribution in [0.2, 0.25) is 5.02 Å². The number of Topliss-reactive ketones (excluding diaryl/α,β-unsaturated/α-hetero) is 1.